The molecule has 0 N–H and O–H groups in total. The summed E-state index contributed by atoms with van der Waals surface area (Å²) in [4.78, 5) is 0. The second-order valence-corrected chi connectivity index (χ2v) is 5.53. The maximum atomic E-state index is 2.40. The van der Waals surface area contributed by atoms with E-state index < -0.39 is 0 Å². The molecule has 0 bridgehead atoms. The van der Waals surface area contributed by atoms with Crippen molar-refractivity contribution in [1.82, 2.24) is 0 Å². The summed E-state index contributed by atoms with van der Waals surface area (Å²) in [6.07, 6.45) is 4.18. The standard InChI is InChI=1S/C15H22/c1-11-4-6-14(7-5-11)15-9-12(2)8-13(3)10-15/h4-7,12-13,15H,8-10H2,1-3H3/t12-,13+,15?. The molecule has 82 valence electrons. The highest BCUT2D eigenvalue weighted by atomic mass is 14.3. The van der Waals surface area contributed by atoms with Gasteiger partial charge in [0.1, 0.15) is 0 Å². The molecule has 0 heterocycles. The molecule has 0 amide bonds. The first-order valence-corrected chi connectivity index (χ1v) is 6.21. The van der Waals surface area contributed by atoms with Crippen LogP contribution in [0.4, 0.5) is 0 Å². The highest BCUT2D eigenvalue weighted by molar-refractivity contribution is 5.25. The number of hydrogen-bond donors (Lipinski definition) is 0. The monoisotopic (exact) mass is 202 g/mol. The van der Waals surface area contributed by atoms with Crippen molar-refractivity contribution < 1.29 is 0 Å². The minimum atomic E-state index is 0.810. The van der Waals surface area contributed by atoms with E-state index in [1.165, 1.54) is 24.8 Å². The second-order valence-electron chi connectivity index (χ2n) is 5.53. The highest BCUT2D eigenvalue weighted by Crippen LogP contribution is 2.38. The minimum absolute atomic E-state index is 0.810. The van der Waals surface area contributed by atoms with Gasteiger partial charge in [-0.1, -0.05) is 43.7 Å². The van der Waals surface area contributed by atoms with Gasteiger partial charge in [-0.25, -0.2) is 0 Å². The lowest BCUT2D eigenvalue weighted by Gasteiger charge is -2.31. The van der Waals surface area contributed by atoms with Crippen molar-refractivity contribution in [1.29, 1.82) is 0 Å². The van der Waals surface area contributed by atoms with Crippen LogP contribution in [-0.4, -0.2) is 0 Å². The summed E-state index contributed by atoms with van der Waals surface area (Å²) >= 11 is 0. The normalized spacial score (nSPS) is 31.5. The fourth-order valence-corrected chi connectivity index (χ4v) is 3.06. The Balaban J connectivity index is 2.12. The summed E-state index contributed by atoms with van der Waals surface area (Å²) in [5.74, 6) is 2.62. The van der Waals surface area contributed by atoms with E-state index in [2.05, 4.69) is 45.0 Å². The molecule has 0 nitrogen and oxygen atoms in total. The molecule has 3 atom stereocenters. The lowest BCUT2D eigenvalue weighted by molar-refractivity contribution is 0.268. The Bertz CT molecular complexity index is 299. The van der Waals surface area contributed by atoms with Crippen molar-refractivity contribution in [2.75, 3.05) is 0 Å². The summed E-state index contributed by atoms with van der Waals surface area (Å²) in [7, 11) is 0. The molecule has 0 aliphatic heterocycles. The largest absolute Gasteiger partial charge is 0.0625 e. The van der Waals surface area contributed by atoms with Gasteiger partial charge in [0, 0.05) is 0 Å². The van der Waals surface area contributed by atoms with Gasteiger partial charge in [-0.3, -0.25) is 0 Å². The molecule has 1 aromatic rings. The molecule has 0 spiro atoms. The lowest BCUT2D eigenvalue weighted by Crippen LogP contribution is -2.18. The molecular formula is C15H22. The molecule has 0 aromatic heterocycles. The van der Waals surface area contributed by atoms with E-state index in [4.69, 9.17) is 0 Å². The molecule has 1 aromatic carbocycles. The summed E-state index contributed by atoms with van der Waals surface area (Å²) in [6.45, 7) is 6.96. The average molecular weight is 202 g/mol. The van der Waals surface area contributed by atoms with Crippen LogP contribution in [0.2, 0.25) is 0 Å². The SMILES string of the molecule is Cc1ccc(C2C[C@@H](C)C[C@@H](C)C2)cc1. The molecular weight excluding hydrogens is 180 g/mol. The van der Waals surface area contributed by atoms with E-state index >= 15 is 0 Å². The highest BCUT2D eigenvalue weighted by Gasteiger charge is 2.24. The Morgan fingerprint density at radius 3 is 1.93 bits per heavy atom. The van der Waals surface area contributed by atoms with Crippen LogP contribution in [0.25, 0.3) is 0 Å². The summed E-state index contributed by atoms with van der Waals surface area (Å²) in [5.41, 5.74) is 2.93. The van der Waals surface area contributed by atoms with Crippen LogP contribution >= 0.6 is 0 Å². The summed E-state index contributed by atoms with van der Waals surface area (Å²) in [6, 6.07) is 9.15. The third-order valence-electron chi connectivity index (χ3n) is 3.73. The van der Waals surface area contributed by atoms with Gasteiger partial charge in [0.15, 0.2) is 0 Å². The molecule has 0 saturated heterocycles. The predicted octanol–water partition coefficient (Wildman–Crippen LogP) is 4.53. The van der Waals surface area contributed by atoms with Crippen molar-refractivity contribution in [3.63, 3.8) is 0 Å². The van der Waals surface area contributed by atoms with E-state index in [0.29, 0.717) is 0 Å². The summed E-state index contributed by atoms with van der Waals surface area (Å²) < 4.78 is 0. The zero-order valence-electron chi connectivity index (χ0n) is 10.2. The Morgan fingerprint density at radius 1 is 0.867 bits per heavy atom. The van der Waals surface area contributed by atoms with E-state index in [-0.39, 0.29) is 0 Å². The molecule has 0 radical (unpaired) electrons. The van der Waals surface area contributed by atoms with Gasteiger partial charge in [0.2, 0.25) is 0 Å². The topological polar surface area (TPSA) is 0 Å². The first-order valence-electron chi connectivity index (χ1n) is 6.21. The Labute approximate surface area is 93.7 Å². The predicted molar refractivity (Wildman–Crippen MR) is 66.1 cm³/mol. The first-order chi connectivity index (χ1) is 7.15. The van der Waals surface area contributed by atoms with Gasteiger partial charge >= 0.3 is 0 Å². The fraction of sp³-hybridized carbons (Fsp3) is 0.600. The van der Waals surface area contributed by atoms with Crippen molar-refractivity contribution in [3.8, 4) is 0 Å². The van der Waals surface area contributed by atoms with Crippen LogP contribution in [0, 0.1) is 18.8 Å². The van der Waals surface area contributed by atoms with E-state index in [1.807, 2.05) is 0 Å². The number of aryl methyl sites for hydroxylation is 1. The van der Waals surface area contributed by atoms with Gasteiger partial charge in [-0.05, 0) is 49.5 Å². The van der Waals surface area contributed by atoms with Crippen LogP contribution in [0.1, 0.15) is 50.2 Å². The van der Waals surface area contributed by atoms with Crippen LogP contribution < -0.4 is 0 Å². The first kappa shape index (κ1) is 10.7. The third-order valence-corrected chi connectivity index (χ3v) is 3.73. The van der Waals surface area contributed by atoms with E-state index in [9.17, 15) is 0 Å². The zero-order chi connectivity index (χ0) is 10.8. The Kier molecular flexibility index (Phi) is 3.14. The van der Waals surface area contributed by atoms with Crippen LogP contribution in [0.15, 0.2) is 24.3 Å². The number of hydrogen-bond acceptors (Lipinski definition) is 0. The maximum Gasteiger partial charge on any atom is -0.0157 e. The van der Waals surface area contributed by atoms with Crippen LogP contribution in [0.3, 0.4) is 0 Å². The van der Waals surface area contributed by atoms with E-state index in [0.717, 1.165) is 17.8 Å². The molecule has 1 fully saturated rings. The summed E-state index contributed by atoms with van der Waals surface area (Å²) in [5, 5.41) is 0. The average Bonchev–Trinajstić information content (AvgIpc) is 2.17. The molecule has 1 aliphatic rings. The Hall–Kier alpha value is -0.780. The van der Waals surface area contributed by atoms with E-state index in [1.54, 1.807) is 5.56 Å². The number of rotatable bonds is 1. The van der Waals surface area contributed by atoms with Crippen molar-refractivity contribution in [3.05, 3.63) is 35.4 Å². The van der Waals surface area contributed by atoms with Gasteiger partial charge in [0.05, 0.1) is 0 Å². The lowest BCUT2D eigenvalue weighted by atomic mass is 9.74. The van der Waals surface area contributed by atoms with Crippen LogP contribution in [-0.2, 0) is 0 Å². The van der Waals surface area contributed by atoms with Gasteiger partial charge in [-0.2, -0.15) is 0 Å². The maximum absolute atomic E-state index is 2.40. The molecule has 1 aliphatic carbocycles. The molecule has 15 heavy (non-hydrogen) atoms. The minimum Gasteiger partial charge on any atom is -0.0625 e. The van der Waals surface area contributed by atoms with Gasteiger partial charge in [-0.15, -0.1) is 0 Å². The third kappa shape index (κ3) is 2.62. The van der Waals surface area contributed by atoms with Gasteiger partial charge in [0.25, 0.3) is 0 Å². The quantitative estimate of drug-likeness (QED) is 0.627. The molecule has 0 heteroatoms. The smallest absolute Gasteiger partial charge is 0.0157 e. The molecule has 2 rings (SSSR count). The van der Waals surface area contributed by atoms with Crippen molar-refractivity contribution in [2.24, 2.45) is 11.8 Å². The van der Waals surface area contributed by atoms with Crippen molar-refractivity contribution in [2.45, 2.75) is 46.0 Å². The number of benzene rings is 1. The molecule has 1 unspecified atom stereocenters. The van der Waals surface area contributed by atoms with Gasteiger partial charge < -0.3 is 0 Å². The molecule has 1 saturated carbocycles. The Morgan fingerprint density at radius 2 is 1.40 bits per heavy atom. The fourth-order valence-electron chi connectivity index (χ4n) is 3.06. The zero-order valence-corrected chi connectivity index (χ0v) is 10.2. The van der Waals surface area contributed by atoms with Crippen LogP contribution in [0.5, 0.6) is 0 Å². The van der Waals surface area contributed by atoms with Crippen molar-refractivity contribution >= 4 is 0 Å². The second kappa shape index (κ2) is 4.38.